The average molecular weight is 457 g/mol. The summed E-state index contributed by atoms with van der Waals surface area (Å²) in [5, 5.41) is 2.86. The molecule has 1 saturated heterocycles. The Balaban J connectivity index is 1.44. The minimum Gasteiger partial charge on any atom is -0.322 e. The normalized spacial score (nSPS) is 13.9. The summed E-state index contributed by atoms with van der Waals surface area (Å²) in [5.41, 5.74) is 1.99. The van der Waals surface area contributed by atoms with E-state index in [1.807, 2.05) is 0 Å². The second-order valence-electron chi connectivity index (χ2n) is 7.30. The van der Waals surface area contributed by atoms with Crippen LogP contribution in [0.1, 0.15) is 22.3 Å². The molecule has 0 saturated carbocycles. The first-order valence-corrected chi connectivity index (χ1v) is 10.3. The van der Waals surface area contributed by atoms with Gasteiger partial charge in [0.05, 0.1) is 5.56 Å². The van der Waals surface area contributed by atoms with Crippen LogP contribution in [0.25, 0.3) is 0 Å². The van der Waals surface area contributed by atoms with Crippen LogP contribution < -0.4 is 10.2 Å². The van der Waals surface area contributed by atoms with E-state index in [-0.39, 0.29) is 29.2 Å². The van der Waals surface area contributed by atoms with Gasteiger partial charge in [0, 0.05) is 37.2 Å². The number of anilines is 2. The van der Waals surface area contributed by atoms with Crippen LogP contribution in [0, 0.1) is 11.6 Å². The highest BCUT2D eigenvalue weighted by molar-refractivity contribution is 6.33. The molecule has 2 aromatic carbocycles. The van der Waals surface area contributed by atoms with Crippen molar-refractivity contribution in [3.8, 4) is 0 Å². The van der Waals surface area contributed by atoms with E-state index in [1.54, 1.807) is 46.2 Å². The zero-order chi connectivity index (χ0) is 22.7. The number of benzene rings is 2. The van der Waals surface area contributed by atoms with Gasteiger partial charge in [-0.2, -0.15) is 0 Å². The van der Waals surface area contributed by atoms with E-state index in [0.29, 0.717) is 30.0 Å². The van der Waals surface area contributed by atoms with Gasteiger partial charge in [-0.3, -0.25) is 9.69 Å². The van der Waals surface area contributed by atoms with E-state index in [2.05, 4.69) is 10.3 Å². The van der Waals surface area contributed by atoms with E-state index in [9.17, 15) is 18.4 Å². The van der Waals surface area contributed by atoms with E-state index in [4.69, 9.17) is 11.6 Å². The maximum absolute atomic E-state index is 13.5. The molecule has 6 nitrogen and oxygen atoms in total. The maximum atomic E-state index is 13.5. The Labute approximate surface area is 188 Å². The summed E-state index contributed by atoms with van der Waals surface area (Å²) < 4.78 is 26.7. The number of nitrogens with one attached hydrogen (secondary N) is 1. The number of pyridine rings is 1. The van der Waals surface area contributed by atoms with Gasteiger partial charge in [-0.15, -0.1) is 0 Å². The van der Waals surface area contributed by atoms with Gasteiger partial charge in [-0.1, -0.05) is 17.7 Å². The minimum absolute atomic E-state index is 0.113. The Bertz CT molecular complexity index is 1160. The lowest BCUT2D eigenvalue weighted by Gasteiger charge is -2.35. The predicted octanol–water partition coefficient (Wildman–Crippen LogP) is 5.10. The number of carbonyl (C=O) groups excluding carboxylic acids is 2. The molecule has 2 heterocycles. The van der Waals surface area contributed by atoms with Crippen LogP contribution in [0.2, 0.25) is 5.15 Å². The Morgan fingerprint density at radius 3 is 2.56 bits per heavy atom. The van der Waals surface area contributed by atoms with Crippen LogP contribution in [0.3, 0.4) is 0 Å². The van der Waals surface area contributed by atoms with Gasteiger partial charge in [0.1, 0.15) is 5.15 Å². The van der Waals surface area contributed by atoms with Crippen LogP contribution in [0.5, 0.6) is 0 Å². The molecule has 1 aliphatic heterocycles. The number of aromatic nitrogens is 1. The largest absolute Gasteiger partial charge is 0.324 e. The number of hydrogen-bond acceptors (Lipinski definition) is 3. The van der Waals surface area contributed by atoms with Crippen molar-refractivity contribution in [3.05, 3.63) is 88.7 Å². The SMILES string of the molecule is O=C(Nc1ccc(N2CCCN(Cc3ccc(F)c(F)c3)C2=O)cc1)c1cccnc1Cl. The van der Waals surface area contributed by atoms with E-state index < -0.39 is 11.6 Å². The van der Waals surface area contributed by atoms with Crippen molar-refractivity contribution in [2.75, 3.05) is 23.3 Å². The third kappa shape index (κ3) is 4.70. The number of carbonyl (C=O) groups is 2. The fraction of sp³-hybridized carbons (Fsp3) is 0.174. The Morgan fingerprint density at radius 2 is 1.84 bits per heavy atom. The second-order valence-corrected chi connectivity index (χ2v) is 7.66. The van der Waals surface area contributed by atoms with Crippen molar-refractivity contribution in [2.24, 2.45) is 0 Å². The highest BCUT2D eigenvalue weighted by atomic mass is 35.5. The summed E-state index contributed by atoms with van der Waals surface area (Å²) in [6, 6.07) is 13.5. The fourth-order valence-electron chi connectivity index (χ4n) is 3.50. The second kappa shape index (κ2) is 9.32. The van der Waals surface area contributed by atoms with Crippen molar-refractivity contribution in [1.29, 1.82) is 0 Å². The molecule has 0 spiro atoms. The van der Waals surface area contributed by atoms with Crippen molar-refractivity contribution in [1.82, 2.24) is 9.88 Å². The Kier molecular flexibility index (Phi) is 6.32. The molecule has 3 amide bonds. The molecule has 0 radical (unpaired) electrons. The number of rotatable bonds is 5. The first-order valence-electron chi connectivity index (χ1n) is 9.94. The summed E-state index contributed by atoms with van der Waals surface area (Å²) in [6.07, 6.45) is 2.23. The zero-order valence-electron chi connectivity index (χ0n) is 16.9. The van der Waals surface area contributed by atoms with Crippen molar-refractivity contribution in [3.63, 3.8) is 0 Å². The lowest BCUT2D eigenvalue weighted by molar-refractivity contribution is 0.102. The Morgan fingerprint density at radius 1 is 1.06 bits per heavy atom. The highest BCUT2D eigenvalue weighted by Crippen LogP contribution is 2.24. The van der Waals surface area contributed by atoms with Gasteiger partial charge in [0.25, 0.3) is 5.91 Å². The van der Waals surface area contributed by atoms with Gasteiger partial charge >= 0.3 is 6.03 Å². The highest BCUT2D eigenvalue weighted by Gasteiger charge is 2.27. The molecule has 4 rings (SSSR count). The standard InChI is InChI=1S/C23H19ClF2N4O2/c24-21-18(3-1-10-27-21)22(31)28-16-5-7-17(8-6-16)30-12-2-11-29(23(30)32)14-15-4-9-19(25)20(26)13-15/h1,3-10,13H,2,11-12,14H2,(H,28,31). The summed E-state index contributed by atoms with van der Waals surface area (Å²) in [4.78, 5) is 32.4. The molecule has 1 aliphatic rings. The molecule has 0 unspecified atom stereocenters. The first kappa shape index (κ1) is 21.7. The lowest BCUT2D eigenvalue weighted by Crippen LogP contribution is -2.49. The van der Waals surface area contributed by atoms with Crippen LogP contribution >= 0.6 is 11.6 Å². The van der Waals surface area contributed by atoms with Gasteiger partial charge < -0.3 is 10.2 Å². The number of nitrogens with zero attached hydrogens (tertiary/aromatic N) is 3. The van der Waals surface area contributed by atoms with Gasteiger partial charge in [0.2, 0.25) is 0 Å². The Hall–Kier alpha value is -3.52. The molecule has 0 aliphatic carbocycles. The quantitative estimate of drug-likeness (QED) is 0.543. The molecule has 1 N–H and O–H groups in total. The van der Waals surface area contributed by atoms with Crippen LogP contribution in [0.4, 0.5) is 25.0 Å². The average Bonchev–Trinajstić information content (AvgIpc) is 2.78. The summed E-state index contributed by atoms with van der Waals surface area (Å²) in [5.74, 6) is -2.24. The number of hydrogen-bond donors (Lipinski definition) is 1. The molecular weight excluding hydrogens is 438 g/mol. The summed E-state index contributed by atoms with van der Waals surface area (Å²) in [7, 11) is 0. The fourth-order valence-corrected chi connectivity index (χ4v) is 3.71. The predicted molar refractivity (Wildman–Crippen MR) is 118 cm³/mol. The van der Waals surface area contributed by atoms with Crippen molar-refractivity contribution < 1.29 is 18.4 Å². The van der Waals surface area contributed by atoms with Gasteiger partial charge in [-0.05, 0) is 60.5 Å². The minimum atomic E-state index is -0.936. The summed E-state index contributed by atoms with van der Waals surface area (Å²) >= 11 is 5.96. The third-order valence-corrected chi connectivity index (χ3v) is 5.41. The lowest BCUT2D eigenvalue weighted by atomic mass is 10.1. The molecule has 32 heavy (non-hydrogen) atoms. The van der Waals surface area contributed by atoms with Crippen molar-refractivity contribution >= 4 is 34.9 Å². The van der Waals surface area contributed by atoms with E-state index in [1.165, 1.54) is 12.3 Å². The summed E-state index contributed by atoms with van der Waals surface area (Å²) in [6.45, 7) is 1.24. The molecule has 1 aromatic heterocycles. The monoisotopic (exact) mass is 456 g/mol. The van der Waals surface area contributed by atoms with E-state index >= 15 is 0 Å². The first-order chi connectivity index (χ1) is 15.4. The topological polar surface area (TPSA) is 65.5 Å². The van der Waals surface area contributed by atoms with Gasteiger partial charge in [-0.25, -0.2) is 18.6 Å². The smallest absolute Gasteiger partial charge is 0.322 e. The number of urea groups is 1. The molecule has 164 valence electrons. The maximum Gasteiger partial charge on any atom is 0.324 e. The van der Waals surface area contributed by atoms with E-state index in [0.717, 1.165) is 18.6 Å². The molecular formula is C23H19ClF2N4O2. The zero-order valence-corrected chi connectivity index (χ0v) is 17.6. The van der Waals surface area contributed by atoms with Crippen LogP contribution in [-0.4, -0.2) is 34.9 Å². The van der Waals surface area contributed by atoms with Crippen molar-refractivity contribution in [2.45, 2.75) is 13.0 Å². The number of amides is 3. The molecule has 0 atom stereocenters. The molecule has 1 fully saturated rings. The van der Waals surface area contributed by atoms with Crippen LogP contribution in [-0.2, 0) is 6.54 Å². The molecule has 0 bridgehead atoms. The third-order valence-electron chi connectivity index (χ3n) is 5.11. The van der Waals surface area contributed by atoms with Crippen LogP contribution in [0.15, 0.2) is 60.8 Å². The molecule has 9 heteroatoms. The van der Waals surface area contributed by atoms with Gasteiger partial charge in [0.15, 0.2) is 11.6 Å². The molecule has 3 aromatic rings. The number of halogens is 3.